The molecule has 0 spiro atoms. The maximum Gasteiger partial charge on any atom is 0.179 e. The topological polar surface area (TPSA) is 38.5 Å². The summed E-state index contributed by atoms with van der Waals surface area (Å²) in [6.45, 7) is 7.71. The fourth-order valence-electron chi connectivity index (χ4n) is 2.72. The van der Waals surface area contributed by atoms with Crippen LogP contribution in [0.25, 0.3) is 11.2 Å². The molecule has 2 aromatic rings. The summed E-state index contributed by atoms with van der Waals surface area (Å²) in [5.74, 6) is 0.780. The second kappa shape index (κ2) is 6.57. The summed E-state index contributed by atoms with van der Waals surface area (Å²) in [7, 11) is 2.01. The minimum atomic E-state index is 0.780. The van der Waals surface area contributed by atoms with Crippen molar-refractivity contribution >= 4 is 23.4 Å². The maximum absolute atomic E-state index is 5.48. The molecular weight excluding hydrogens is 268 g/mol. The van der Waals surface area contributed by atoms with E-state index in [9.17, 15) is 0 Å². The Kier molecular flexibility index (Phi) is 5.02. The lowest BCUT2D eigenvalue weighted by molar-refractivity contribution is 0.508. The van der Waals surface area contributed by atoms with Crippen molar-refractivity contribution in [1.82, 2.24) is 19.3 Å². The largest absolute Gasteiger partial charge is 0.328 e. The van der Waals surface area contributed by atoms with Crippen LogP contribution in [0.2, 0.25) is 0 Å². The number of fused-ring (bicyclic) bond motifs is 1. The van der Waals surface area contributed by atoms with Crippen LogP contribution in [0.5, 0.6) is 0 Å². The van der Waals surface area contributed by atoms with Crippen LogP contribution >= 0.6 is 12.2 Å². The predicted octanol–water partition coefficient (Wildman–Crippen LogP) is 4.21. The SMILES string of the molecule is CCCc1nn(C)c2c1[nH]c(=S)n2CCCCC(C)C. The number of H-pyrrole nitrogens is 1. The minimum absolute atomic E-state index is 0.780. The molecule has 0 radical (unpaired) electrons. The molecule has 20 heavy (non-hydrogen) atoms. The number of imidazole rings is 1. The van der Waals surface area contributed by atoms with Gasteiger partial charge in [0.1, 0.15) is 5.52 Å². The summed E-state index contributed by atoms with van der Waals surface area (Å²) in [5.41, 5.74) is 3.41. The second-order valence-electron chi connectivity index (χ2n) is 5.99. The first-order valence-electron chi connectivity index (χ1n) is 7.69. The third-order valence-corrected chi connectivity index (χ3v) is 4.04. The van der Waals surface area contributed by atoms with Crippen molar-refractivity contribution in [3.05, 3.63) is 10.5 Å². The van der Waals surface area contributed by atoms with E-state index in [2.05, 4.69) is 35.4 Å². The Balaban J connectivity index is 2.20. The third-order valence-electron chi connectivity index (χ3n) is 3.72. The lowest BCUT2D eigenvalue weighted by Gasteiger charge is -2.06. The molecule has 2 heterocycles. The summed E-state index contributed by atoms with van der Waals surface area (Å²) < 4.78 is 5.00. The van der Waals surface area contributed by atoms with Gasteiger partial charge in [-0.05, 0) is 31.0 Å². The molecule has 5 heteroatoms. The first-order valence-corrected chi connectivity index (χ1v) is 8.09. The molecule has 2 aromatic heterocycles. The highest BCUT2D eigenvalue weighted by Gasteiger charge is 2.14. The number of unbranched alkanes of at least 4 members (excludes halogenated alkanes) is 1. The van der Waals surface area contributed by atoms with Gasteiger partial charge in [0, 0.05) is 13.6 Å². The normalized spacial score (nSPS) is 11.8. The predicted molar refractivity (Wildman–Crippen MR) is 86.6 cm³/mol. The number of aromatic nitrogens is 4. The molecule has 0 aliphatic rings. The van der Waals surface area contributed by atoms with E-state index >= 15 is 0 Å². The zero-order valence-electron chi connectivity index (χ0n) is 13.1. The van der Waals surface area contributed by atoms with Crippen LogP contribution in [-0.2, 0) is 20.0 Å². The number of nitrogens with one attached hydrogen (secondary N) is 1. The van der Waals surface area contributed by atoms with Crippen LogP contribution < -0.4 is 0 Å². The lowest BCUT2D eigenvalue weighted by Crippen LogP contribution is -2.04. The van der Waals surface area contributed by atoms with E-state index in [0.717, 1.165) is 46.9 Å². The first kappa shape index (κ1) is 15.3. The van der Waals surface area contributed by atoms with E-state index < -0.39 is 0 Å². The quantitative estimate of drug-likeness (QED) is 0.613. The van der Waals surface area contributed by atoms with Crippen LogP contribution in [-0.4, -0.2) is 19.3 Å². The van der Waals surface area contributed by atoms with Crippen molar-refractivity contribution in [2.24, 2.45) is 13.0 Å². The average Bonchev–Trinajstić information content (AvgIpc) is 2.85. The molecule has 2 rings (SSSR count). The highest BCUT2D eigenvalue weighted by atomic mass is 32.1. The van der Waals surface area contributed by atoms with Crippen LogP contribution in [0, 0.1) is 10.7 Å². The Morgan fingerprint density at radius 2 is 2.05 bits per heavy atom. The molecule has 0 atom stereocenters. The van der Waals surface area contributed by atoms with Crippen molar-refractivity contribution < 1.29 is 0 Å². The molecule has 0 aliphatic heterocycles. The van der Waals surface area contributed by atoms with Gasteiger partial charge < -0.3 is 9.55 Å². The third kappa shape index (κ3) is 3.14. The van der Waals surface area contributed by atoms with Crippen LogP contribution in [0.15, 0.2) is 0 Å². The molecule has 1 N–H and O–H groups in total. The lowest BCUT2D eigenvalue weighted by atomic mass is 10.1. The van der Waals surface area contributed by atoms with Gasteiger partial charge >= 0.3 is 0 Å². The van der Waals surface area contributed by atoms with Crippen molar-refractivity contribution in [1.29, 1.82) is 0 Å². The van der Waals surface area contributed by atoms with Crippen LogP contribution in [0.3, 0.4) is 0 Å². The number of hydrogen-bond acceptors (Lipinski definition) is 2. The van der Waals surface area contributed by atoms with E-state index in [1.807, 2.05) is 11.7 Å². The summed E-state index contributed by atoms with van der Waals surface area (Å²) >= 11 is 5.48. The molecule has 0 saturated carbocycles. The second-order valence-corrected chi connectivity index (χ2v) is 6.38. The van der Waals surface area contributed by atoms with Gasteiger partial charge in [0.25, 0.3) is 0 Å². The Morgan fingerprint density at radius 3 is 2.70 bits per heavy atom. The Morgan fingerprint density at radius 1 is 1.30 bits per heavy atom. The molecule has 0 unspecified atom stereocenters. The van der Waals surface area contributed by atoms with Crippen molar-refractivity contribution in [3.63, 3.8) is 0 Å². The zero-order chi connectivity index (χ0) is 14.7. The molecule has 112 valence electrons. The molecule has 0 aromatic carbocycles. The molecular formula is C15H26N4S. The fourth-order valence-corrected chi connectivity index (χ4v) is 3.00. The highest BCUT2D eigenvalue weighted by Crippen LogP contribution is 2.20. The van der Waals surface area contributed by atoms with E-state index in [0.29, 0.717) is 0 Å². The molecule has 4 nitrogen and oxygen atoms in total. The molecule has 0 fully saturated rings. The van der Waals surface area contributed by atoms with Gasteiger partial charge in [0.05, 0.1) is 5.69 Å². The summed E-state index contributed by atoms with van der Waals surface area (Å²) in [4.78, 5) is 3.35. The summed E-state index contributed by atoms with van der Waals surface area (Å²) in [6, 6.07) is 0. The van der Waals surface area contributed by atoms with E-state index in [1.165, 1.54) is 19.3 Å². The minimum Gasteiger partial charge on any atom is -0.328 e. The van der Waals surface area contributed by atoms with Crippen molar-refractivity contribution in [2.45, 2.75) is 59.4 Å². The molecule has 0 bridgehead atoms. The van der Waals surface area contributed by atoms with Gasteiger partial charge in [-0.15, -0.1) is 0 Å². The summed E-state index contributed by atoms with van der Waals surface area (Å²) in [5, 5.41) is 4.62. The number of aryl methyl sites for hydroxylation is 3. The van der Waals surface area contributed by atoms with Crippen LogP contribution in [0.1, 0.15) is 52.1 Å². The van der Waals surface area contributed by atoms with E-state index in [-0.39, 0.29) is 0 Å². The summed E-state index contributed by atoms with van der Waals surface area (Å²) in [6.07, 6.45) is 5.82. The number of rotatable bonds is 7. The van der Waals surface area contributed by atoms with Crippen LogP contribution in [0.4, 0.5) is 0 Å². The molecule has 0 aliphatic carbocycles. The smallest absolute Gasteiger partial charge is 0.179 e. The first-order chi connectivity index (χ1) is 9.54. The van der Waals surface area contributed by atoms with E-state index in [1.54, 1.807) is 0 Å². The molecule has 0 saturated heterocycles. The maximum atomic E-state index is 5.48. The van der Waals surface area contributed by atoms with Crippen molar-refractivity contribution in [3.8, 4) is 0 Å². The number of aromatic amines is 1. The van der Waals surface area contributed by atoms with E-state index in [4.69, 9.17) is 12.2 Å². The zero-order valence-corrected chi connectivity index (χ0v) is 13.9. The van der Waals surface area contributed by atoms with Gasteiger partial charge in [-0.1, -0.05) is 40.0 Å². The van der Waals surface area contributed by atoms with Gasteiger partial charge in [-0.3, -0.25) is 4.68 Å². The standard InChI is InChI=1S/C15H26N4S/c1-5-8-12-13-14(18(4)17-12)19(15(20)16-13)10-7-6-9-11(2)3/h11H,5-10H2,1-4H3,(H,16,20). The van der Waals surface area contributed by atoms with Gasteiger partial charge in [-0.25, -0.2) is 0 Å². The van der Waals surface area contributed by atoms with Gasteiger partial charge in [-0.2, -0.15) is 5.10 Å². The number of hydrogen-bond donors (Lipinski definition) is 1. The number of nitrogens with zero attached hydrogens (tertiary/aromatic N) is 3. The highest BCUT2D eigenvalue weighted by molar-refractivity contribution is 7.71. The fraction of sp³-hybridized carbons (Fsp3) is 0.733. The van der Waals surface area contributed by atoms with Crippen molar-refractivity contribution in [2.75, 3.05) is 0 Å². The van der Waals surface area contributed by atoms with Gasteiger partial charge in [0.2, 0.25) is 0 Å². The van der Waals surface area contributed by atoms with Gasteiger partial charge in [0.15, 0.2) is 10.4 Å². The Hall–Kier alpha value is -1.10. The molecule has 0 amide bonds. The monoisotopic (exact) mass is 294 g/mol. The Bertz CT molecular complexity index is 618. The Labute approximate surface area is 126 Å². The average molecular weight is 294 g/mol.